The Balaban J connectivity index is 1.73. The molecule has 2 heterocycles. The van der Waals surface area contributed by atoms with Crippen molar-refractivity contribution < 1.29 is 9.53 Å². The maximum atomic E-state index is 12.4. The third-order valence-electron chi connectivity index (χ3n) is 4.55. The Morgan fingerprint density at radius 2 is 2.14 bits per heavy atom. The van der Waals surface area contributed by atoms with Crippen LogP contribution in [0.25, 0.3) is 11.4 Å². The number of amides is 1. The Morgan fingerprint density at radius 3 is 2.86 bits per heavy atom. The average Bonchev–Trinajstić information content (AvgIpc) is 3.29. The van der Waals surface area contributed by atoms with Gasteiger partial charge in [-0.1, -0.05) is 31.7 Å². The number of thioether (sulfide) groups is 1. The molecule has 0 unspecified atom stereocenters. The molecule has 0 spiro atoms. The van der Waals surface area contributed by atoms with Crippen molar-refractivity contribution in [2.24, 2.45) is 0 Å². The van der Waals surface area contributed by atoms with Crippen LogP contribution in [0.15, 0.2) is 34.8 Å². The van der Waals surface area contributed by atoms with Gasteiger partial charge in [0.15, 0.2) is 11.0 Å². The van der Waals surface area contributed by atoms with Crippen molar-refractivity contribution in [3.63, 3.8) is 0 Å². The summed E-state index contributed by atoms with van der Waals surface area (Å²) >= 11 is 3.16. The van der Waals surface area contributed by atoms with E-state index in [2.05, 4.69) is 46.2 Å². The number of nitrogens with one attached hydrogen (secondary N) is 1. The molecule has 1 amide bonds. The smallest absolute Gasteiger partial charge is 0.234 e. The van der Waals surface area contributed by atoms with Gasteiger partial charge in [-0.3, -0.25) is 4.79 Å². The van der Waals surface area contributed by atoms with Gasteiger partial charge in [0.1, 0.15) is 5.75 Å². The maximum absolute atomic E-state index is 12.4. The van der Waals surface area contributed by atoms with Crippen LogP contribution in [0.4, 0.5) is 5.69 Å². The van der Waals surface area contributed by atoms with Crippen LogP contribution in [-0.4, -0.2) is 33.5 Å². The molecule has 0 saturated heterocycles. The summed E-state index contributed by atoms with van der Waals surface area (Å²) in [6.45, 7) is 7.26. The van der Waals surface area contributed by atoms with E-state index in [0.717, 1.165) is 35.9 Å². The summed E-state index contributed by atoms with van der Waals surface area (Å²) in [4.78, 5) is 13.7. The lowest BCUT2D eigenvalue weighted by Crippen LogP contribution is -2.14. The topological polar surface area (TPSA) is 69.0 Å². The minimum atomic E-state index is -0.0866. The van der Waals surface area contributed by atoms with Crippen LogP contribution >= 0.6 is 23.1 Å². The van der Waals surface area contributed by atoms with Gasteiger partial charge in [0.2, 0.25) is 5.91 Å². The second kappa shape index (κ2) is 9.93. The van der Waals surface area contributed by atoms with Gasteiger partial charge in [0.25, 0.3) is 0 Å². The average molecular weight is 431 g/mol. The van der Waals surface area contributed by atoms with Gasteiger partial charge in [0.05, 0.1) is 12.9 Å². The summed E-state index contributed by atoms with van der Waals surface area (Å²) in [5.41, 5.74) is 3.20. The number of aryl methyl sites for hydroxylation is 1. The highest BCUT2D eigenvalue weighted by Gasteiger charge is 2.19. The van der Waals surface area contributed by atoms with Crippen LogP contribution < -0.4 is 10.1 Å². The van der Waals surface area contributed by atoms with Gasteiger partial charge in [-0.05, 0) is 37.5 Å². The summed E-state index contributed by atoms with van der Waals surface area (Å²) in [5.74, 6) is 1.78. The van der Waals surface area contributed by atoms with Crippen molar-refractivity contribution in [3.8, 4) is 17.1 Å². The fourth-order valence-electron chi connectivity index (χ4n) is 3.15. The molecule has 154 valence electrons. The van der Waals surface area contributed by atoms with Crippen LogP contribution in [0.1, 0.15) is 30.7 Å². The van der Waals surface area contributed by atoms with E-state index in [0.29, 0.717) is 11.4 Å². The Kier molecular flexibility index (Phi) is 7.33. The standard InChI is InChI=1S/C21H26N4O2S2/c1-5-10-25-20(18-12-28-14(3)17(18)6-2)23-24-21(25)29-13-19(26)22-15-8-7-9-16(11-15)27-4/h7-9,11-12H,5-6,10,13H2,1-4H3,(H,22,26). The summed E-state index contributed by atoms with van der Waals surface area (Å²) < 4.78 is 7.33. The van der Waals surface area contributed by atoms with Crippen LogP contribution in [0, 0.1) is 6.92 Å². The van der Waals surface area contributed by atoms with E-state index in [1.54, 1.807) is 24.5 Å². The predicted octanol–water partition coefficient (Wildman–Crippen LogP) is 5.03. The van der Waals surface area contributed by atoms with Gasteiger partial charge in [-0.2, -0.15) is 0 Å². The van der Waals surface area contributed by atoms with Crippen LogP contribution in [0.5, 0.6) is 5.75 Å². The molecule has 0 aliphatic heterocycles. The molecule has 1 N–H and O–H groups in total. The summed E-state index contributed by atoms with van der Waals surface area (Å²) in [5, 5.41) is 14.7. The third kappa shape index (κ3) is 5.00. The Morgan fingerprint density at radius 1 is 1.31 bits per heavy atom. The molecule has 3 aromatic rings. The minimum absolute atomic E-state index is 0.0866. The van der Waals surface area contributed by atoms with E-state index < -0.39 is 0 Å². The molecular weight excluding hydrogens is 404 g/mol. The first-order chi connectivity index (χ1) is 14.1. The lowest BCUT2D eigenvalue weighted by Gasteiger charge is -2.10. The van der Waals surface area contributed by atoms with E-state index in [9.17, 15) is 4.79 Å². The fourth-order valence-corrected chi connectivity index (χ4v) is 4.86. The maximum Gasteiger partial charge on any atom is 0.234 e. The molecule has 0 aliphatic rings. The number of rotatable bonds is 9. The van der Waals surface area contributed by atoms with E-state index in [4.69, 9.17) is 4.74 Å². The van der Waals surface area contributed by atoms with Crippen molar-refractivity contribution in [1.82, 2.24) is 14.8 Å². The summed E-state index contributed by atoms with van der Waals surface area (Å²) in [6, 6.07) is 7.33. The quantitative estimate of drug-likeness (QED) is 0.482. The monoisotopic (exact) mass is 430 g/mol. The van der Waals surface area contributed by atoms with Crippen molar-refractivity contribution >= 4 is 34.7 Å². The Hall–Kier alpha value is -2.32. The number of benzene rings is 1. The van der Waals surface area contributed by atoms with Gasteiger partial charge in [0, 0.05) is 34.1 Å². The number of ether oxygens (including phenoxy) is 1. The number of carbonyl (C=O) groups excluding carboxylic acids is 1. The van der Waals surface area contributed by atoms with Crippen LogP contribution in [0.2, 0.25) is 0 Å². The van der Waals surface area contributed by atoms with Crippen LogP contribution in [-0.2, 0) is 17.8 Å². The largest absolute Gasteiger partial charge is 0.497 e. The first kappa shape index (κ1) is 21.4. The highest BCUT2D eigenvalue weighted by atomic mass is 32.2. The zero-order valence-corrected chi connectivity index (χ0v) is 18.8. The summed E-state index contributed by atoms with van der Waals surface area (Å²) in [7, 11) is 1.61. The summed E-state index contributed by atoms with van der Waals surface area (Å²) in [6.07, 6.45) is 1.94. The molecule has 0 aliphatic carbocycles. The number of hydrogen-bond donors (Lipinski definition) is 1. The number of carbonyl (C=O) groups is 1. The Bertz CT molecular complexity index is 981. The van der Waals surface area contributed by atoms with Gasteiger partial charge < -0.3 is 14.6 Å². The SMILES string of the molecule is CCCn1c(SCC(=O)Nc2cccc(OC)c2)nnc1-c1csc(C)c1CC. The number of anilines is 1. The van der Waals surface area contributed by atoms with Crippen molar-refractivity contribution in [2.75, 3.05) is 18.2 Å². The number of methoxy groups -OCH3 is 1. The highest BCUT2D eigenvalue weighted by molar-refractivity contribution is 7.99. The predicted molar refractivity (Wildman–Crippen MR) is 120 cm³/mol. The van der Waals surface area contributed by atoms with Crippen molar-refractivity contribution in [3.05, 3.63) is 40.1 Å². The molecule has 3 rings (SSSR count). The van der Waals surface area contributed by atoms with E-state index in [1.165, 1.54) is 22.2 Å². The number of thiophene rings is 1. The second-order valence-electron chi connectivity index (χ2n) is 6.56. The van der Waals surface area contributed by atoms with Crippen molar-refractivity contribution in [1.29, 1.82) is 0 Å². The molecule has 6 nitrogen and oxygen atoms in total. The molecule has 0 atom stereocenters. The van der Waals surface area contributed by atoms with Crippen molar-refractivity contribution in [2.45, 2.75) is 45.3 Å². The number of hydrogen-bond acceptors (Lipinski definition) is 6. The van der Waals surface area contributed by atoms with Crippen LogP contribution in [0.3, 0.4) is 0 Å². The van der Waals surface area contributed by atoms with E-state index in [-0.39, 0.29) is 11.7 Å². The second-order valence-corrected chi connectivity index (χ2v) is 8.59. The molecule has 0 bridgehead atoms. The lowest BCUT2D eigenvalue weighted by atomic mass is 10.1. The first-order valence-corrected chi connectivity index (χ1v) is 11.5. The zero-order valence-electron chi connectivity index (χ0n) is 17.2. The fraction of sp³-hybridized carbons (Fsp3) is 0.381. The molecule has 1 aromatic carbocycles. The number of aromatic nitrogens is 3. The molecule has 29 heavy (non-hydrogen) atoms. The van der Waals surface area contributed by atoms with Gasteiger partial charge in [-0.15, -0.1) is 21.5 Å². The minimum Gasteiger partial charge on any atom is -0.497 e. The van der Waals surface area contributed by atoms with Gasteiger partial charge in [-0.25, -0.2) is 0 Å². The third-order valence-corrected chi connectivity index (χ3v) is 6.47. The molecule has 0 saturated carbocycles. The lowest BCUT2D eigenvalue weighted by molar-refractivity contribution is -0.113. The highest BCUT2D eigenvalue weighted by Crippen LogP contribution is 2.32. The molecule has 8 heteroatoms. The first-order valence-electron chi connectivity index (χ1n) is 9.64. The molecule has 0 fully saturated rings. The molecule has 2 aromatic heterocycles. The zero-order chi connectivity index (χ0) is 20.8. The van der Waals surface area contributed by atoms with E-state index >= 15 is 0 Å². The van der Waals surface area contributed by atoms with Gasteiger partial charge >= 0.3 is 0 Å². The number of nitrogens with zero attached hydrogens (tertiary/aromatic N) is 3. The Labute approximate surface area is 179 Å². The molecule has 0 radical (unpaired) electrons. The normalized spacial score (nSPS) is 10.9. The molecular formula is C21H26N4O2S2. The van der Waals surface area contributed by atoms with E-state index in [1.807, 2.05) is 18.2 Å².